The molecule has 1 saturated heterocycles. The Bertz CT molecular complexity index is 958. The Kier molecular flexibility index (Phi) is 6.01. The number of hydrogen-bond donors (Lipinski definition) is 1. The van der Waals surface area contributed by atoms with Crippen LogP contribution in [0.5, 0.6) is 11.5 Å². The lowest BCUT2D eigenvalue weighted by molar-refractivity contribution is -0.310. The van der Waals surface area contributed by atoms with Crippen LogP contribution in [0.25, 0.3) is 6.08 Å². The summed E-state index contributed by atoms with van der Waals surface area (Å²) in [6, 6.07) is 11.7. The number of carbonyl (C=O) groups excluding carboxylic acids is 2. The molecule has 0 aliphatic carbocycles. The smallest absolute Gasteiger partial charge is 0.267 e. The molecule has 1 amide bonds. The van der Waals surface area contributed by atoms with E-state index in [0.29, 0.717) is 23.5 Å². The molecule has 0 bridgehead atoms. The van der Waals surface area contributed by atoms with Crippen LogP contribution in [-0.2, 0) is 9.59 Å². The molecule has 1 fully saturated rings. The summed E-state index contributed by atoms with van der Waals surface area (Å²) in [5, 5.41) is 21.6. The fourth-order valence-corrected chi connectivity index (χ4v) is 4.08. The molecule has 1 aliphatic rings. The van der Waals surface area contributed by atoms with Gasteiger partial charge in [-0.15, -0.1) is 0 Å². The van der Waals surface area contributed by atoms with E-state index in [1.54, 1.807) is 55.5 Å². The van der Waals surface area contributed by atoms with E-state index in [0.717, 1.165) is 16.7 Å². The Morgan fingerprint density at radius 1 is 1.32 bits per heavy atom. The molecule has 0 saturated carbocycles. The summed E-state index contributed by atoms with van der Waals surface area (Å²) >= 11 is 6.28. The SMILES string of the molecule is CCOc1cc(/C=C2/SC(=S)N([C@@H](C(=O)[O-])c3ccccc3)C2=O)ccc1O. The van der Waals surface area contributed by atoms with Crippen molar-refractivity contribution < 1.29 is 24.5 Å². The predicted octanol–water partition coefficient (Wildman–Crippen LogP) is 2.48. The zero-order valence-corrected chi connectivity index (χ0v) is 16.5. The van der Waals surface area contributed by atoms with Crippen LogP contribution in [0.15, 0.2) is 53.4 Å². The third-order valence-corrected chi connectivity index (χ3v) is 5.33. The summed E-state index contributed by atoms with van der Waals surface area (Å²) in [7, 11) is 0. The normalized spacial score (nSPS) is 16.5. The highest BCUT2D eigenvalue weighted by Crippen LogP contribution is 2.38. The van der Waals surface area contributed by atoms with E-state index in [1.807, 2.05) is 0 Å². The van der Waals surface area contributed by atoms with E-state index in [9.17, 15) is 19.8 Å². The minimum absolute atomic E-state index is 0.00681. The number of carboxylic acids is 1. The van der Waals surface area contributed by atoms with Crippen molar-refractivity contribution in [1.29, 1.82) is 0 Å². The molecule has 2 aromatic rings. The highest BCUT2D eigenvalue weighted by molar-refractivity contribution is 8.26. The van der Waals surface area contributed by atoms with Crippen molar-refractivity contribution in [2.45, 2.75) is 13.0 Å². The van der Waals surface area contributed by atoms with Crippen LogP contribution < -0.4 is 9.84 Å². The molecule has 1 N–H and O–H groups in total. The molecule has 1 heterocycles. The fraction of sp³-hybridized carbons (Fsp3) is 0.150. The van der Waals surface area contributed by atoms with E-state index >= 15 is 0 Å². The summed E-state index contributed by atoms with van der Waals surface area (Å²) < 4.78 is 5.48. The Hall–Kier alpha value is -2.84. The summed E-state index contributed by atoms with van der Waals surface area (Å²) in [5.41, 5.74) is 1.02. The Morgan fingerprint density at radius 3 is 2.68 bits per heavy atom. The number of amides is 1. The van der Waals surface area contributed by atoms with Gasteiger partial charge in [0.15, 0.2) is 11.5 Å². The Labute approximate surface area is 171 Å². The number of phenols is 1. The molecular formula is C20H16NO5S2-. The second kappa shape index (κ2) is 8.45. The van der Waals surface area contributed by atoms with Gasteiger partial charge in [-0.1, -0.05) is 60.4 Å². The van der Waals surface area contributed by atoms with E-state index in [4.69, 9.17) is 17.0 Å². The second-order valence-corrected chi connectivity index (χ2v) is 7.52. The van der Waals surface area contributed by atoms with E-state index in [2.05, 4.69) is 0 Å². The number of benzene rings is 2. The zero-order valence-electron chi connectivity index (χ0n) is 14.8. The van der Waals surface area contributed by atoms with Gasteiger partial charge < -0.3 is 19.7 Å². The van der Waals surface area contributed by atoms with Crippen molar-refractivity contribution in [3.8, 4) is 11.5 Å². The number of ether oxygens (including phenoxy) is 1. The van der Waals surface area contributed by atoms with E-state index < -0.39 is 17.9 Å². The van der Waals surface area contributed by atoms with Gasteiger partial charge in [-0.05, 0) is 36.3 Å². The van der Waals surface area contributed by atoms with Crippen molar-refractivity contribution in [2.24, 2.45) is 0 Å². The van der Waals surface area contributed by atoms with Gasteiger partial charge in [0.25, 0.3) is 5.91 Å². The van der Waals surface area contributed by atoms with Crippen LogP contribution in [-0.4, -0.2) is 32.8 Å². The number of carbonyl (C=O) groups is 2. The summed E-state index contributed by atoms with van der Waals surface area (Å²) in [5.74, 6) is -1.64. The number of aliphatic carboxylic acids is 1. The highest BCUT2D eigenvalue weighted by atomic mass is 32.2. The van der Waals surface area contributed by atoms with Gasteiger partial charge >= 0.3 is 0 Å². The third kappa shape index (κ3) is 4.02. The molecule has 6 nitrogen and oxygen atoms in total. The monoisotopic (exact) mass is 414 g/mol. The first-order valence-corrected chi connectivity index (χ1v) is 9.63. The zero-order chi connectivity index (χ0) is 20.3. The maximum absolute atomic E-state index is 12.9. The van der Waals surface area contributed by atoms with Crippen LogP contribution in [0, 0.1) is 0 Å². The van der Waals surface area contributed by atoms with Crippen molar-refractivity contribution in [3.63, 3.8) is 0 Å². The standard InChI is InChI=1S/C20H17NO5S2/c1-2-26-15-10-12(8-9-14(15)22)11-16-18(23)21(20(27)28-16)17(19(24)25)13-6-4-3-5-7-13/h3-11,17,22H,2H2,1H3,(H,24,25)/p-1/b16-11+/t17-/m1/s1. The van der Waals surface area contributed by atoms with Gasteiger partial charge in [-0.2, -0.15) is 0 Å². The molecule has 2 aromatic carbocycles. The lowest BCUT2D eigenvalue weighted by Gasteiger charge is -2.27. The third-order valence-electron chi connectivity index (χ3n) is 4.00. The molecule has 1 atom stereocenters. The largest absolute Gasteiger partial charge is 0.547 e. The average Bonchev–Trinajstić information content (AvgIpc) is 2.93. The van der Waals surface area contributed by atoms with Crippen molar-refractivity contribution in [3.05, 3.63) is 64.6 Å². The maximum atomic E-state index is 12.9. The summed E-state index contributed by atoms with van der Waals surface area (Å²) in [6.45, 7) is 2.17. The van der Waals surface area contributed by atoms with Crippen molar-refractivity contribution in [1.82, 2.24) is 4.90 Å². The van der Waals surface area contributed by atoms with Crippen LogP contribution in [0.2, 0.25) is 0 Å². The lowest BCUT2D eigenvalue weighted by atomic mass is 10.1. The number of thioether (sulfide) groups is 1. The quantitative estimate of drug-likeness (QED) is 0.574. The van der Waals surface area contributed by atoms with E-state index in [1.165, 1.54) is 6.07 Å². The summed E-state index contributed by atoms with van der Waals surface area (Å²) in [6.07, 6.45) is 1.58. The first kappa shape index (κ1) is 19.9. The minimum Gasteiger partial charge on any atom is -0.547 e. The number of carboxylic acid groups (broad SMARTS) is 1. The Balaban J connectivity index is 1.94. The highest BCUT2D eigenvalue weighted by Gasteiger charge is 2.38. The Morgan fingerprint density at radius 2 is 2.04 bits per heavy atom. The first-order chi connectivity index (χ1) is 13.4. The van der Waals surface area contributed by atoms with Gasteiger partial charge in [-0.3, -0.25) is 9.69 Å². The number of hydrogen-bond acceptors (Lipinski definition) is 7. The molecule has 0 aromatic heterocycles. The van der Waals surface area contributed by atoms with Crippen LogP contribution >= 0.6 is 24.0 Å². The molecule has 0 spiro atoms. The van der Waals surface area contributed by atoms with Crippen molar-refractivity contribution >= 4 is 46.3 Å². The number of rotatable bonds is 6. The first-order valence-electron chi connectivity index (χ1n) is 8.41. The van der Waals surface area contributed by atoms with Crippen molar-refractivity contribution in [2.75, 3.05) is 6.61 Å². The van der Waals surface area contributed by atoms with Gasteiger partial charge in [0.2, 0.25) is 0 Å². The van der Waals surface area contributed by atoms with E-state index in [-0.39, 0.29) is 15.0 Å². The van der Waals surface area contributed by atoms with Gasteiger partial charge in [0, 0.05) is 0 Å². The average molecular weight is 414 g/mol. The molecular weight excluding hydrogens is 398 g/mol. The van der Waals surface area contributed by atoms with Gasteiger partial charge in [0.1, 0.15) is 10.4 Å². The van der Waals surface area contributed by atoms with Crippen LogP contribution in [0.4, 0.5) is 0 Å². The number of thiocarbonyl (C=S) groups is 1. The second-order valence-electron chi connectivity index (χ2n) is 5.84. The van der Waals surface area contributed by atoms with Gasteiger partial charge in [-0.25, -0.2) is 0 Å². The molecule has 28 heavy (non-hydrogen) atoms. The molecule has 144 valence electrons. The number of nitrogens with zero attached hydrogens (tertiary/aromatic N) is 1. The maximum Gasteiger partial charge on any atom is 0.267 e. The lowest BCUT2D eigenvalue weighted by Crippen LogP contribution is -2.43. The molecule has 0 unspecified atom stereocenters. The minimum atomic E-state index is -1.41. The van der Waals surface area contributed by atoms with Crippen LogP contribution in [0.1, 0.15) is 24.1 Å². The number of phenolic OH excluding ortho intramolecular Hbond substituents is 1. The van der Waals surface area contributed by atoms with Gasteiger partial charge in [0.05, 0.1) is 17.5 Å². The summed E-state index contributed by atoms with van der Waals surface area (Å²) in [4.78, 5) is 26.0. The fourth-order valence-electron chi connectivity index (χ4n) is 2.77. The van der Waals surface area contributed by atoms with Crippen LogP contribution in [0.3, 0.4) is 0 Å². The molecule has 1 aliphatic heterocycles. The molecule has 0 radical (unpaired) electrons. The molecule has 3 rings (SSSR count). The predicted molar refractivity (Wildman–Crippen MR) is 108 cm³/mol. The molecule has 8 heteroatoms. The topological polar surface area (TPSA) is 89.9 Å². The number of aromatic hydroxyl groups is 1.